The lowest BCUT2D eigenvalue weighted by molar-refractivity contribution is 0.00949. The Balaban J connectivity index is 1.88. The van der Waals surface area contributed by atoms with Gasteiger partial charge in [0, 0.05) is 22.5 Å². The maximum Gasteiger partial charge on any atom is 0.410 e. The minimum absolute atomic E-state index is 0.0578. The fraction of sp³-hybridized carbons (Fsp3) is 0.500. The monoisotopic (exact) mass is 408 g/mol. The van der Waals surface area contributed by atoms with E-state index in [2.05, 4.69) is 0 Å². The van der Waals surface area contributed by atoms with Crippen LogP contribution in [-0.2, 0) is 4.74 Å². The molecular formula is C20H25ClN2O3S. The molecular weight excluding hydrogens is 384 g/mol. The Hall–Kier alpha value is -1.79. The Morgan fingerprint density at radius 3 is 2.81 bits per heavy atom. The quantitative estimate of drug-likeness (QED) is 0.631. The molecule has 1 fully saturated rings. The third-order valence-electron chi connectivity index (χ3n) is 4.38. The molecule has 7 heteroatoms. The van der Waals surface area contributed by atoms with Gasteiger partial charge in [0.2, 0.25) is 0 Å². The molecule has 2 aromatic rings. The highest BCUT2D eigenvalue weighted by atomic mass is 35.5. The van der Waals surface area contributed by atoms with Crippen molar-refractivity contribution in [3.63, 3.8) is 0 Å². The van der Waals surface area contributed by atoms with E-state index in [-0.39, 0.29) is 12.1 Å². The largest absolute Gasteiger partial charge is 0.496 e. The highest BCUT2D eigenvalue weighted by Gasteiger charge is 2.33. The molecule has 0 bridgehead atoms. The second kappa shape index (κ2) is 8.07. The average molecular weight is 409 g/mol. The fourth-order valence-corrected chi connectivity index (χ4v) is 4.31. The number of thiazole rings is 1. The van der Waals surface area contributed by atoms with Crippen LogP contribution >= 0.6 is 22.9 Å². The normalized spacial score (nSPS) is 17.7. The maximum atomic E-state index is 12.7. The van der Waals surface area contributed by atoms with Crippen molar-refractivity contribution < 1.29 is 14.3 Å². The Bertz CT molecular complexity index is 816. The SMILES string of the molecule is COc1ccc(Cl)cc1-c1csc(C2CCCCN2C(=O)OC(C)(C)C)n1. The summed E-state index contributed by atoms with van der Waals surface area (Å²) >= 11 is 7.71. The number of likely N-dealkylation sites (tertiary alicyclic amines) is 1. The van der Waals surface area contributed by atoms with Crippen molar-refractivity contribution in [2.45, 2.75) is 51.7 Å². The zero-order valence-corrected chi connectivity index (χ0v) is 17.7. The van der Waals surface area contributed by atoms with Crippen LogP contribution in [0.1, 0.15) is 51.1 Å². The summed E-state index contributed by atoms with van der Waals surface area (Å²) in [5.41, 5.74) is 1.15. The van der Waals surface area contributed by atoms with Gasteiger partial charge in [0.1, 0.15) is 16.4 Å². The molecule has 0 N–H and O–H groups in total. The molecule has 1 aromatic heterocycles. The molecule has 1 unspecified atom stereocenters. The molecule has 27 heavy (non-hydrogen) atoms. The van der Waals surface area contributed by atoms with Crippen LogP contribution in [-0.4, -0.2) is 35.2 Å². The highest BCUT2D eigenvalue weighted by Crippen LogP contribution is 2.38. The minimum Gasteiger partial charge on any atom is -0.496 e. The summed E-state index contributed by atoms with van der Waals surface area (Å²) in [4.78, 5) is 19.3. The van der Waals surface area contributed by atoms with Crippen molar-refractivity contribution in [1.29, 1.82) is 0 Å². The van der Waals surface area contributed by atoms with Crippen molar-refractivity contribution in [2.75, 3.05) is 13.7 Å². The van der Waals surface area contributed by atoms with Crippen LogP contribution in [0.15, 0.2) is 23.6 Å². The number of hydrogen-bond acceptors (Lipinski definition) is 5. The molecule has 1 saturated heterocycles. The first kappa shape index (κ1) is 20.0. The van der Waals surface area contributed by atoms with Gasteiger partial charge in [-0.3, -0.25) is 4.90 Å². The zero-order valence-electron chi connectivity index (χ0n) is 16.1. The van der Waals surface area contributed by atoms with Crippen LogP contribution < -0.4 is 4.74 Å². The van der Waals surface area contributed by atoms with Gasteiger partial charge >= 0.3 is 6.09 Å². The van der Waals surface area contributed by atoms with Gasteiger partial charge in [-0.1, -0.05) is 11.6 Å². The topological polar surface area (TPSA) is 51.7 Å². The Morgan fingerprint density at radius 2 is 2.11 bits per heavy atom. The first-order valence-corrected chi connectivity index (χ1v) is 10.3. The van der Waals surface area contributed by atoms with Crippen LogP contribution in [0.25, 0.3) is 11.3 Å². The Labute approximate surface area is 169 Å². The summed E-state index contributed by atoms with van der Waals surface area (Å²) in [6.45, 7) is 6.35. The van der Waals surface area contributed by atoms with Gasteiger partial charge in [0.05, 0.1) is 18.8 Å². The molecule has 0 saturated carbocycles. The molecule has 0 radical (unpaired) electrons. The average Bonchev–Trinajstić information content (AvgIpc) is 3.10. The predicted molar refractivity (Wildman–Crippen MR) is 109 cm³/mol. The van der Waals surface area contributed by atoms with Crippen LogP contribution in [0.2, 0.25) is 5.02 Å². The summed E-state index contributed by atoms with van der Waals surface area (Å²) in [6, 6.07) is 5.43. The second-order valence-electron chi connectivity index (χ2n) is 7.60. The highest BCUT2D eigenvalue weighted by molar-refractivity contribution is 7.10. The number of methoxy groups -OCH3 is 1. The van der Waals surface area contributed by atoms with E-state index < -0.39 is 5.60 Å². The number of nitrogens with zero attached hydrogens (tertiary/aromatic N) is 2. The number of carbonyl (C=O) groups excluding carboxylic acids is 1. The fourth-order valence-electron chi connectivity index (χ4n) is 3.17. The zero-order chi connectivity index (χ0) is 19.6. The van der Waals surface area contributed by atoms with Crippen molar-refractivity contribution in [3.8, 4) is 17.0 Å². The van der Waals surface area contributed by atoms with E-state index in [1.54, 1.807) is 24.5 Å². The number of carbonyl (C=O) groups is 1. The molecule has 3 rings (SSSR count). The summed E-state index contributed by atoms with van der Waals surface area (Å²) in [7, 11) is 1.63. The number of piperidine rings is 1. The van der Waals surface area contributed by atoms with E-state index >= 15 is 0 Å². The number of halogens is 1. The van der Waals surface area contributed by atoms with Gasteiger partial charge in [0.15, 0.2) is 0 Å². The maximum absolute atomic E-state index is 12.7. The standard InChI is InChI=1S/C20H25ClN2O3S/c1-20(2,3)26-19(24)23-10-6-5-7-16(23)18-22-15(12-27-18)14-11-13(21)8-9-17(14)25-4/h8-9,11-12,16H,5-7,10H2,1-4H3. The van der Waals surface area contributed by atoms with Crippen LogP contribution in [0.3, 0.4) is 0 Å². The van der Waals surface area contributed by atoms with E-state index in [4.69, 9.17) is 26.1 Å². The lowest BCUT2D eigenvalue weighted by Crippen LogP contribution is -2.41. The van der Waals surface area contributed by atoms with Gasteiger partial charge in [-0.05, 0) is 58.2 Å². The molecule has 5 nitrogen and oxygen atoms in total. The summed E-state index contributed by atoms with van der Waals surface area (Å²) in [5.74, 6) is 0.726. The molecule has 0 spiro atoms. The second-order valence-corrected chi connectivity index (χ2v) is 8.93. The lowest BCUT2D eigenvalue weighted by Gasteiger charge is -2.35. The van der Waals surface area contributed by atoms with Gasteiger partial charge < -0.3 is 9.47 Å². The van der Waals surface area contributed by atoms with Crippen molar-refractivity contribution in [1.82, 2.24) is 9.88 Å². The molecule has 1 aliphatic rings. The van der Waals surface area contributed by atoms with E-state index in [1.165, 1.54) is 0 Å². The molecule has 1 amide bonds. The molecule has 146 valence electrons. The molecule has 1 aliphatic heterocycles. The van der Waals surface area contributed by atoms with Gasteiger partial charge in [0.25, 0.3) is 0 Å². The molecule has 0 aliphatic carbocycles. The number of ether oxygens (including phenoxy) is 2. The van der Waals surface area contributed by atoms with Crippen molar-refractivity contribution in [3.05, 3.63) is 33.6 Å². The third-order valence-corrected chi connectivity index (χ3v) is 5.56. The summed E-state index contributed by atoms with van der Waals surface area (Å²) in [5, 5.41) is 3.54. The van der Waals surface area contributed by atoms with Crippen LogP contribution in [0.4, 0.5) is 4.79 Å². The predicted octanol–water partition coefficient (Wildman–Crippen LogP) is 5.93. The Morgan fingerprint density at radius 1 is 1.33 bits per heavy atom. The van der Waals surface area contributed by atoms with Crippen LogP contribution in [0, 0.1) is 0 Å². The first-order valence-electron chi connectivity index (χ1n) is 9.07. The van der Waals surface area contributed by atoms with Gasteiger partial charge in [-0.2, -0.15) is 0 Å². The van der Waals surface area contributed by atoms with E-state index in [1.807, 2.05) is 43.2 Å². The molecule has 2 heterocycles. The minimum atomic E-state index is -0.513. The Kier molecular flexibility index (Phi) is 5.96. The number of rotatable bonds is 3. The van der Waals surface area contributed by atoms with Gasteiger partial charge in [-0.25, -0.2) is 9.78 Å². The van der Waals surface area contributed by atoms with Crippen molar-refractivity contribution in [2.24, 2.45) is 0 Å². The number of hydrogen-bond donors (Lipinski definition) is 0. The number of amides is 1. The van der Waals surface area contributed by atoms with Gasteiger partial charge in [-0.15, -0.1) is 11.3 Å². The summed E-state index contributed by atoms with van der Waals surface area (Å²) in [6.07, 6.45) is 2.67. The van der Waals surface area contributed by atoms with Crippen molar-refractivity contribution >= 4 is 29.0 Å². The first-order chi connectivity index (χ1) is 12.8. The van der Waals surface area contributed by atoms with E-state index in [0.29, 0.717) is 11.6 Å². The van der Waals surface area contributed by atoms with E-state index in [9.17, 15) is 4.79 Å². The molecule has 1 atom stereocenters. The molecule has 1 aromatic carbocycles. The smallest absolute Gasteiger partial charge is 0.410 e. The third kappa shape index (κ3) is 4.74. The van der Waals surface area contributed by atoms with E-state index in [0.717, 1.165) is 41.3 Å². The summed E-state index contributed by atoms with van der Waals surface area (Å²) < 4.78 is 11.0. The van der Waals surface area contributed by atoms with Crippen LogP contribution in [0.5, 0.6) is 5.75 Å². The lowest BCUT2D eigenvalue weighted by atomic mass is 10.0. The number of benzene rings is 1. The number of aromatic nitrogens is 1.